The second-order valence-corrected chi connectivity index (χ2v) is 4.94. The summed E-state index contributed by atoms with van der Waals surface area (Å²) in [7, 11) is 0. The molecule has 1 fully saturated rings. The third kappa shape index (κ3) is 2.85. The van der Waals surface area contributed by atoms with Gasteiger partial charge in [-0.15, -0.1) is 0 Å². The summed E-state index contributed by atoms with van der Waals surface area (Å²) in [5, 5.41) is 3.52. The minimum Gasteiger partial charge on any atom is -0.330 e. The van der Waals surface area contributed by atoms with Crippen molar-refractivity contribution in [3.63, 3.8) is 0 Å². The van der Waals surface area contributed by atoms with Crippen molar-refractivity contribution >= 4 is 0 Å². The van der Waals surface area contributed by atoms with Crippen LogP contribution in [0.15, 0.2) is 24.3 Å². The molecule has 0 spiro atoms. The van der Waals surface area contributed by atoms with Gasteiger partial charge in [-0.05, 0) is 38.3 Å². The SMILES string of the molecule is CC(NC1CCCC1CN)c1ccccc1F. The number of rotatable bonds is 4. The van der Waals surface area contributed by atoms with Crippen molar-refractivity contribution in [2.75, 3.05) is 6.54 Å². The molecule has 1 aliphatic rings. The Morgan fingerprint density at radius 1 is 1.41 bits per heavy atom. The molecule has 0 heterocycles. The largest absolute Gasteiger partial charge is 0.330 e. The third-order valence-corrected chi connectivity index (χ3v) is 3.80. The van der Waals surface area contributed by atoms with Crippen molar-refractivity contribution in [2.45, 2.75) is 38.3 Å². The first-order valence-corrected chi connectivity index (χ1v) is 6.43. The highest BCUT2D eigenvalue weighted by Crippen LogP contribution is 2.27. The van der Waals surface area contributed by atoms with E-state index < -0.39 is 0 Å². The van der Waals surface area contributed by atoms with Gasteiger partial charge >= 0.3 is 0 Å². The molecule has 1 aliphatic carbocycles. The summed E-state index contributed by atoms with van der Waals surface area (Å²) in [5.41, 5.74) is 6.50. The molecule has 0 saturated heterocycles. The zero-order chi connectivity index (χ0) is 12.3. The molecule has 3 atom stereocenters. The maximum absolute atomic E-state index is 13.6. The molecule has 3 heteroatoms. The summed E-state index contributed by atoms with van der Waals surface area (Å²) >= 11 is 0. The second kappa shape index (κ2) is 5.61. The minimum absolute atomic E-state index is 0.0494. The molecule has 1 aromatic rings. The van der Waals surface area contributed by atoms with Crippen LogP contribution in [-0.4, -0.2) is 12.6 Å². The van der Waals surface area contributed by atoms with Gasteiger partial charge in [-0.3, -0.25) is 0 Å². The highest BCUT2D eigenvalue weighted by Gasteiger charge is 2.27. The van der Waals surface area contributed by atoms with Crippen molar-refractivity contribution in [1.29, 1.82) is 0 Å². The highest BCUT2D eigenvalue weighted by atomic mass is 19.1. The number of hydrogen-bond donors (Lipinski definition) is 2. The standard InChI is InChI=1S/C14H21FN2/c1-10(12-6-2-3-7-13(12)15)17-14-8-4-5-11(14)9-16/h2-3,6-7,10-11,14,17H,4-5,8-9,16H2,1H3. The summed E-state index contributed by atoms with van der Waals surface area (Å²) in [6.07, 6.45) is 3.57. The first kappa shape index (κ1) is 12.5. The molecule has 94 valence electrons. The van der Waals surface area contributed by atoms with E-state index in [-0.39, 0.29) is 11.9 Å². The van der Waals surface area contributed by atoms with Crippen LogP contribution in [0.25, 0.3) is 0 Å². The van der Waals surface area contributed by atoms with Crippen molar-refractivity contribution < 1.29 is 4.39 Å². The topological polar surface area (TPSA) is 38.0 Å². The Bertz CT molecular complexity index is 367. The molecule has 2 nitrogen and oxygen atoms in total. The lowest BCUT2D eigenvalue weighted by Gasteiger charge is -2.24. The zero-order valence-electron chi connectivity index (χ0n) is 10.3. The molecule has 0 radical (unpaired) electrons. The predicted octanol–water partition coefficient (Wildman–Crippen LogP) is 2.60. The molecular formula is C14H21FN2. The van der Waals surface area contributed by atoms with Gasteiger partial charge < -0.3 is 11.1 Å². The van der Waals surface area contributed by atoms with Gasteiger partial charge in [0.15, 0.2) is 0 Å². The number of nitrogens with one attached hydrogen (secondary N) is 1. The van der Waals surface area contributed by atoms with Crippen molar-refractivity contribution in [2.24, 2.45) is 11.7 Å². The normalized spacial score (nSPS) is 26.1. The van der Waals surface area contributed by atoms with Crippen LogP contribution in [0.3, 0.4) is 0 Å². The number of benzene rings is 1. The molecule has 1 saturated carbocycles. The van der Waals surface area contributed by atoms with E-state index >= 15 is 0 Å². The van der Waals surface area contributed by atoms with Gasteiger partial charge in [-0.25, -0.2) is 4.39 Å². The van der Waals surface area contributed by atoms with E-state index in [1.54, 1.807) is 6.07 Å². The molecule has 3 N–H and O–H groups in total. The van der Waals surface area contributed by atoms with Gasteiger partial charge in [0.2, 0.25) is 0 Å². The van der Waals surface area contributed by atoms with E-state index in [0.29, 0.717) is 12.0 Å². The van der Waals surface area contributed by atoms with Gasteiger partial charge in [0.05, 0.1) is 0 Å². The fourth-order valence-electron chi connectivity index (χ4n) is 2.78. The van der Waals surface area contributed by atoms with Gasteiger partial charge in [-0.1, -0.05) is 24.6 Å². The van der Waals surface area contributed by atoms with Crippen LogP contribution in [-0.2, 0) is 0 Å². The first-order chi connectivity index (χ1) is 8.22. The number of halogens is 1. The molecule has 17 heavy (non-hydrogen) atoms. The highest BCUT2D eigenvalue weighted by molar-refractivity contribution is 5.20. The maximum Gasteiger partial charge on any atom is 0.127 e. The molecule has 0 aliphatic heterocycles. The molecule has 1 aromatic carbocycles. The van der Waals surface area contributed by atoms with Crippen LogP contribution in [0.5, 0.6) is 0 Å². The van der Waals surface area contributed by atoms with Crippen LogP contribution in [0.4, 0.5) is 4.39 Å². The van der Waals surface area contributed by atoms with Crippen molar-refractivity contribution in [3.05, 3.63) is 35.6 Å². The van der Waals surface area contributed by atoms with E-state index in [9.17, 15) is 4.39 Å². The van der Waals surface area contributed by atoms with Gasteiger partial charge in [0.1, 0.15) is 5.82 Å². The van der Waals surface area contributed by atoms with E-state index in [1.165, 1.54) is 18.9 Å². The summed E-state index contributed by atoms with van der Waals surface area (Å²) < 4.78 is 13.6. The van der Waals surface area contributed by atoms with E-state index in [0.717, 1.165) is 18.5 Å². The third-order valence-electron chi connectivity index (χ3n) is 3.80. The summed E-state index contributed by atoms with van der Waals surface area (Å²) in [5.74, 6) is 0.416. The fourth-order valence-corrected chi connectivity index (χ4v) is 2.78. The number of hydrogen-bond acceptors (Lipinski definition) is 2. The lowest BCUT2D eigenvalue weighted by atomic mass is 10.0. The zero-order valence-corrected chi connectivity index (χ0v) is 10.3. The average molecular weight is 236 g/mol. The lowest BCUT2D eigenvalue weighted by molar-refractivity contribution is 0.368. The summed E-state index contributed by atoms with van der Waals surface area (Å²) in [6.45, 7) is 2.74. The molecule has 0 aromatic heterocycles. The Hall–Kier alpha value is -0.930. The summed E-state index contributed by atoms with van der Waals surface area (Å²) in [4.78, 5) is 0. The first-order valence-electron chi connectivity index (χ1n) is 6.43. The van der Waals surface area contributed by atoms with E-state index in [1.807, 2.05) is 19.1 Å². The van der Waals surface area contributed by atoms with Crippen LogP contribution in [0, 0.1) is 11.7 Å². The second-order valence-electron chi connectivity index (χ2n) is 4.94. The van der Waals surface area contributed by atoms with E-state index in [2.05, 4.69) is 5.32 Å². The number of nitrogens with two attached hydrogens (primary N) is 1. The van der Waals surface area contributed by atoms with Gasteiger partial charge in [0, 0.05) is 17.6 Å². The van der Waals surface area contributed by atoms with Crippen LogP contribution >= 0.6 is 0 Å². The lowest BCUT2D eigenvalue weighted by Crippen LogP contribution is -2.37. The Labute approximate surface area is 102 Å². The van der Waals surface area contributed by atoms with Gasteiger partial charge in [-0.2, -0.15) is 0 Å². The van der Waals surface area contributed by atoms with Crippen LogP contribution in [0.1, 0.15) is 37.8 Å². The smallest absolute Gasteiger partial charge is 0.127 e. The fraction of sp³-hybridized carbons (Fsp3) is 0.571. The summed E-state index contributed by atoms with van der Waals surface area (Å²) in [6, 6.07) is 7.46. The molecular weight excluding hydrogens is 215 g/mol. The predicted molar refractivity (Wildman–Crippen MR) is 68.1 cm³/mol. The van der Waals surface area contributed by atoms with Crippen molar-refractivity contribution in [3.8, 4) is 0 Å². The molecule has 2 rings (SSSR count). The van der Waals surface area contributed by atoms with Crippen LogP contribution in [0.2, 0.25) is 0 Å². The quantitative estimate of drug-likeness (QED) is 0.843. The van der Waals surface area contributed by atoms with Gasteiger partial charge in [0.25, 0.3) is 0 Å². The minimum atomic E-state index is -0.130. The maximum atomic E-state index is 13.6. The molecule has 3 unspecified atom stereocenters. The van der Waals surface area contributed by atoms with Crippen molar-refractivity contribution in [1.82, 2.24) is 5.32 Å². The Morgan fingerprint density at radius 2 is 2.18 bits per heavy atom. The monoisotopic (exact) mass is 236 g/mol. The van der Waals surface area contributed by atoms with Crippen LogP contribution < -0.4 is 11.1 Å². The average Bonchev–Trinajstić information content (AvgIpc) is 2.76. The molecule has 0 amide bonds. The Morgan fingerprint density at radius 3 is 2.88 bits per heavy atom. The molecule has 0 bridgehead atoms. The Balaban J connectivity index is 2.01. The van der Waals surface area contributed by atoms with E-state index in [4.69, 9.17) is 5.73 Å². The Kier molecular flexibility index (Phi) is 4.13.